The summed E-state index contributed by atoms with van der Waals surface area (Å²) in [4.78, 5) is 26.7. The number of piperidine rings is 1. The first-order valence-corrected chi connectivity index (χ1v) is 7.52. The van der Waals surface area contributed by atoms with Crippen molar-refractivity contribution in [2.45, 2.75) is 12.8 Å². The highest BCUT2D eigenvalue weighted by Crippen LogP contribution is 2.20. The van der Waals surface area contributed by atoms with Crippen molar-refractivity contribution < 1.29 is 4.79 Å². The largest absolute Gasteiger partial charge is 0.355 e. The molecule has 22 heavy (non-hydrogen) atoms. The Kier molecular flexibility index (Phi) is 4.58. The zero-order valence-electron chi connectivity index (χ0n) is 12.4. The highest BCUT2D eigenvalue weighted by atomic mass is 16.1. The van der Waals surface area contributed by atoms with Crippen LogP contribution in [0.1, 0.15) is 23.2 Å². The Bertz CT molecular complexity index is 604. The summed E-state index contributed by atoms with van der Waals surface area (Å²) < 4.78 is 0. The lowest BCUT2D eigenvalue weighted by molar-refractivity contribution is 0.0945. The Hall–Kier alpha value is -2.50. The predicted molar refractivity (Wildman–Crippen MR) is 83.5 cm³/mol. The van der Waals surface area contributed by atoms with E-state index in [-0.39, 0.29) is 5.91 Å². The summed E-state index contributed by atoms with van der Waals surface area (Å²) in [5.41, 5.74) is 0.650. The maximum atomic E-state index is 12.1. The minimum absolute atomic E-state index is 0.0426. The molecule has 0 aromatic carbocycles. The SMILES string of the molecule is O=C(NCC1CCCN(c2cnccn2)C1)c1ccncc1. The van der Waals surface area contributed by atoms with Crippen LogP contribution in [0.3, 0.4) is 0 Å². The van der Waals surface area contributed by atoms with Crippen molar-refractivity contribution in [1.29, 1.82) is 0 Å². The standard InChI is InChI=1S/C16H19N5O/c22-16(14-3-5-17-6-4-14)20-10-13-2-1-9-21(12-13)15-11-18-7-8-19-15/h3-8,11,13H,1-2,9-10,12H2,(H,20,22). The third-order valence-corrected chi connectivity index (χ3v) is 3.89. The molecule has 114 valence electrons. The Labute approximate surface area is 129 Å². The summed E-state index contributed by atoms with van der Waals surface area (Å²) in [6.07, 6.45) is 10.7. The first kappa shape index (κ1) is 14.4. The number of amides is 1. The molecule has 1 saturated heterocycles. The fraction of sp³-hybridized carbons (Fsp3) is 0.375. The molecule has 1 aliphatic heterocycles. The van der Waals surface area contributed by atoms with E-state index in [0.717, 1.165) is 31.7 Å². The van der Waals surface area contributed by atoms with Gasteiger partial charge >= 0.3 is 0 Å². The highest BCUT2D eigenvalue weighted by molar-refractivity contribution is 5.93. The number of aromatic nitrogens is 3. The average Bonchev–Trinajstić information content (AvgIpc) is 2.61. The summed E-state index contributed by atoms with van der Waals surface area (Å²) in [5, 5.41) is 3.01. The van der Waals surface area contributed by atoms with Gasteiger partial charge in [-0.25, -0.2) is 4.98 Å². The highest BCUT2D eigenvalue weighted by Gasteiger charge is 2.21. The van der Waals surface area contributed by atoms with Crippen LogP contribution in [-0.2, 0) is 0 Å². The van der Waals surface area contributed by atoms with Gasteiger partial charge < -0.3 is 10.2 Å². The summed E-state index contributed by atoms with van der Waals surface area (Å²) in [7, 11) is 0. The zero-order chi connectivity index (χ0) is 15.2. The monoisotopic (exact) mass is 297 g/mol. The zero-order valence-corrected chi connectivity index (χ0v) is 12.4. The molecule has 0 aliphatic carbocycles. The molecule has 3 rings (SSSR count). The molecule has 2 aromatic heterocycles. The summed E-state index contributed by atoms with van der Waals surface area (Å²) in [6.45, 7) is 2.57. The number of anilines is 1. The van der Waals surface area contributed by atoms with E-state index in [2.05, 4.69) is 25.2 Å². The molecule has 1 atom stereocenters. The molecule has 2 aromatic rings. The second kappa shape index (κ2) is 6.98. The van der Waals surface area contributed by atoms with Gasteiger partial charge in [0.05, 0.1) is 6.20 Å². The lowest BCUT2D eigenvalue weighted by Crippen LogP contribution is -2.41. The van der Waals surface area contributed by atoms with Gasteiger partial charge in [-0.2, -0.15) is 0 Å². The second-order valence-corrected chi connectivity index (χ2v) is 5.46. The fourth-order valence-corrected chi connectivity index (χ4v) is 2.74. The van der Waals surface area contributed by atoms with Crippen molar-refractivity contribution in [3.63, 3.8) is 0 Å². The lowest BCUT2D eigenvalue weighted by Gasteiger charge is -2.33. The van der Waals surface area contributed by atoms with Crippen molar-refractivity contribution in [1.82, 2.24) is 20.3 Å². The van der Waals surface area contributed by atoms with Crippen molar-refractivity contribution >= 4 is 11.7 Å². The molecule has 1 aliphatic rings. The van der Waals surface area contributed by atoms with Crippen LogP contribution in [0.25, 0.3) is 0 Å². The molecule has 1 fully saturated rings. The van der Waals surface area contributed by atoms with E-state index in [9.17, 15) is 4.79 Å². The van der Waals surface area contributed by atoms with Crippen LogP contribution < -0.4 is 10.2 Å². The molecular formula is C16H19N5O. The third-order valence-electron chi connectivity index (χ3n) is 3.89. The topological polar surface area (TPSA) is 71.0 Å². The van der Waals surface area contributed by atoms with E-state index in [1.165, 1.54) is 0 Å². The Morgan fingerprint density at radius 2 is 2.09 bits per heavy atom. The smallest absolute Gasteiger partial charge is 0.251 e. The maximum absolute atomic E-state index is 12.1. The second-order valence-electron chi connectivity index (χ2n) is 5.46. The maximum Gasteiger partial charge on any atom is 0.251 e. The minimum Gasteiger partial charge on any atom is -0.355 e. The van der Waals surface area contributed by atoms with Gasteiger partial charge in [0.1, 0.15) is 5.82 Å². The normalized spacial score (nSPS) is 18.0. The van der Waals surface area contributed by atoms with Crippen molar-refractivity contribution in [2.24, 2.45) is 5.92 Å². The van der Waals surface area contributed by atoms with Gasteiger partial charge in [-0.1, -0.05) is 0 Å². The summed E-state index contributed by atoms with van der Waals surface area (Å²) in [6, 6.07) is 3.45. The fourth-order valence-electron chi connectivity index (χ4n) is 2.74. The van der Waals surface area contributed by atoms with E-state index in [1.807, 2.05) is 0 Å². The van der Waals surface area contributed by atoms with E-state index in [0.29, 0.717) is 18.0 Å². The molecule has 0 radical (unpaired) electrons. The Balaban J connectivity index is 1.54. The lowest BCUT2D eigenvalue weighted by atomic mass is 9.98. The number of hydrogen-bond donors (Lipinski definition) is 1. The van der Waals surface area contributed by atoms with Crippen molar-refractivity contribution in [2.75, 3.05) is 24.5 Å². The van der Waals surface area contributed by atoms with Crippen LogP contribution in [0.15, 0.2) is 43.1 Å². The van der Waals surface area contributed by atoms with Gasteiger partial charge in [-0.05, 0) is 30.9 Å². The quantitative estimate of drug-likeness (QED) is 0.926. The average molecular weight is 297 g/mol. The molecule has 6 nitrogen and oxygen atoms in total. The van der Waals surface area contributed by atoms with E-state index in [1.54, 1.807) is 43.1 Å². The van der Waals surface area contributed by atoms with Crippen LogP contribution in [0.4, 0.5) is 5.82 Å². The molecule has 0 spiro atoms. The van der Waals surface area contributed by atoms with Crippen LogP contribution in [0.5, 0.6) is 0 Å². The number of nitrogens with one attached hydrogen (secondary N) is 1. The number of carbonyl (C=O) groups excluding carboxylic acids is 1. The Morgan fingerprint density at radius 3 is 2.86 bits per heavy atom. The van der Waals surface area contributed by atoms with Crippen molar-refractivity contribution in [3.05, 3.63) is 48.7 Å². The van der Waals surface area contributed by atoms with E-state index < -0.39 is 0 Å². The van der Waals surface area contributed by atoms with Gasteiger partial charge in [0, 0.05) is 50.0 Å². The number of pyridine rings is 1. The first-order valence-electron chi connectivity index (χ1n) is 7.52. The Morgan fingerprint density at radius 1 is 1.23 bits per heavy atom. The van der Waals surface area contributed by atoms with E-state index in [4.69, 9.17) is 0 Å². The molecule has 3 heterocycles. The molecule has 0 saturated carbocycles. The molecule has 1 unspecified atom stereocenters. The molecule has 0 bridgehead atoms. The van der Waals surface area contributed by atoms with E-state index >= 15 is 0 Å². The van der Waals surface area contributed by atoms with Gasteiger partial charge in [0.25, 0.3) is 5.91 Å². The molecule has 1 N–H and O–H groups in total. The molecule has 6 heteroatoms. The van der Waals surface area contributed by atoms with Crippen LogP contribution in [0.2, 0.25) is 0 Å². The molecular weight excluding hydrogens is 278 g/mol. The summed E-state index contributed by atoms with van der Waals surface area (Å²) >= 11 is 0. The minimum atomic E-state index is -0.0426. The van der Waals surface area contributed by atoms with Gasteiger partial charge in [0.15, 0.2) is 0 Å². The number of hydrogen-bond acceptors (Lipinski definition) is 5. The third kappa shape index (κ3) is 3.58. The van der Waals surface area contributed by atoms with Gasteiger partial charge in [0.2, 0.25) is 0 Å². The van der Waals surface area contributed by atoms with Crippen LogP contribution in [-0.4, -0.2) is 40.5 Å². The predicted octanol–water partition coefficient (Wildman–Crippen LogP) is 1.52. The molecule has 1 amide bonds. The number of carbonyl (C=O) groups is 1. The van der Waals surface area contributed by atoms with Crippen LogP contribution in [0, 0.1) is 5.92 Å². The van der Waals surface area contributed by atoms with Crippen molar-refractivity contribution in [3.8, 4) is 0 Å². The first-order chi connectivity index (χ1) is 10.8. The number of nitrogens with zero attached hydrogens (tertiary/aromatic N) is 4. The van der Waals surface area contributed by atoms with Crippen LogP contribution >= 0.6 is 0 Å². The van der Waals surface area contributed by atoms with Gasteiger partial charge in [-0.3, -0.25) is 14.8 Å². The van der Waals surface area contributed by atoms with Gasteiger partial charge in [-0.15, -0.1) is 0 Å². The number of rotatable bonds is 4. The summed E-state index contributed by atoms with van der Waals surface area (Å²) in [5.74, 6) is 1.30.